The van der Waals surface area contributed by atoms with Crippen molar-refractivity contribution in [3.63, 3.8) is 0 Å². The van der Waals surface area contributed by atoms with Gasteiger partial charge in [0.05, 0.1) is 5.56 Å². The van der Waals surface area contributed by atoms with Crippen LogP contribution >= 0.6 is 0 Å². The minimum absolute atomic E-state index is 0.192. The van der Waals surface area contributed by atoms with E-state index in [-0.39, 0.29) is 5.75 Å². The van der Waals surface area contributed by atoms with Gasteiger partial charge in [-0.2, -0.15) is 0 Å². The number of phenols is 1. The average Bonchev–Trinajstić information content (AvgIpc) is 2.47. The Morgan fingerprint density at radius 3 is 2.52 bits per heavy atom. The van der Waals surface area contributed by atoms with E-state index in [9.17, 15) is 9.90 Å². The zero-order chi connectivity index (χ0) is 14.8. The van der Waals surface area contributed by atoms with Crippen LogP contribution in [0.5, 0.6) is 17.2 Å². The number of nitrogens with two attached hydrogens (primary N) is 1. The number of hydrogen-bond acceptors (Lipinski definition) is 3. The third-order valence-corrected chi connectivity index (χ3v) is 3.18. The Hall–Kier alpha value is -3.01. The number of fused-ring (bicyclic) bond motifs is 1. The first-order chi connectivity index (χ1) is 10.1. The molecule has 4 nitrogen and oxygen atoms in total. The van der Waals surface area contributed by atoms with Gasteiger partial charge in [-0.1, -0.05) is 24.3 Å². The van der Waals surface area contributed by atoms with E-state index in [4.69, 9.17) is 10.5 Å². The average molecular weight is 279 g/mol. The third-order valence-electron chi connectivity index (χ3n) is 3.18. The van der Waals surface area contributed by atoms with Crippen molar-refractivity contribution in [2.45, 2.75) is 0 Å². The number of amides is 1. The standard InChI is InChI=1S/C17H13NO3/c18-17(20)15-3-1-2-4-16(15)21-14-8-6-11-5-7-13(19)9-12(11)10-14/h1-10,19H,(H2,18,20). The van der Waals surface area contributed by atoms with Gasteiger partial charge in [0.25, 0.3) is 5.91 Å². The molecule has 0 aliphatic carbocycles. The van der Waals surface area contributed by atoms with E-state index in [1.54, 1.807) is 48.5 Å². The molecule has 3 aromatic rings. The summed E-state index contributed by atoms with van der Waals surface area (Å²) < 4.78 is 5.74. The minimum atomic E-state index is -0.538. The van der Waals surface area contributed by atoms with Gasteiger partial charge in [-0.05, 0) is 47.2 Å². The summed E-state index contributed by atoms with van der Waals surface area (Å²) in [5, 5.41) is 11.4. The van der Waals surface area contributed by atoms with Crippen LogP contribution < -0.4 is 10.5 Å². The van der Waals surface area contributed by atoms with Crippen LogP contribution in [0.25, 0.3) is 10.8 Å². The van der Waals surface area contributed by atoms with Gasteiger partial charge < -0.3 is 15.6 Å². The number of phenolic OH excluding ortho intramolecular Hbond substituents is 1. The first-order valence-electron chi connectivity index (χ1n) is 6.43. The first-order valence-corrected chi connectivity index (χ1v) is 6.43. The van der Waals surface area contributed by atoms with Crippen molar-refractivity contribution in [2.75, 3.05) is 0 Å². The number of rotatable bonds is 3. The van der Waals surface area contributed by atoms with E-state index in [0.29, 0.717) is 17.1 Å². The molecule has 3 aromatic carbocycles. The topological polar surface area (TPSA) is 72.6 Å². The highest BCUT2D eigenvalue weighted by molar-refractivity contribution is 5.95. The molecule has 0 fully saturated rings. The molecule has 0 heterocycles. The Bertz CT molecular complexity index is 827. The Kier molecular flexibility index (Phi) is 3.20. The van der Waals surface area contributed by atoms with Gasteiger partial charge in [0.2, 0.25) is 0 Å². The molecule has 0 aromatic heterocycles. The molecule has 0 bridgehead atoms. The van der Waals surface area contributed by atoms with Crippen molar-refractivity contribution < 1.29 is 14.6 Å². The normalized spacial score (nSPS) is 10.5. The summed E-state index contributed by atoms with van der Waals surface area (Å²) in [5.74, 6) is 0.632. The van der Waals surface area contributed by atoms with Gasteiger partial charge >= 0.3 is 0 Å². The predicted octanol–water partition coefficient (Wildman–Crippen LogP) is 3.44. The predicted molar refractivity (Wildman–Crippen MR) is 80.6 cm³/mol. The lowest BCUT2D eigenvalue weighted by Gasteiger charge is -2.10. The molecule has 4 heteroatoms. The number of para-hydroxylation sites is 1. The second-order valence-corrected chi connectivity index (χ2v) is 4.66. The summed E-state index contributed by atoms with van der Waals surface area (Å²) in [5.41, 5.74) is 5.65. The zero-order valence-electron chi connectivity index (χ0n) is 11.1. The largest absolute Gasteiger partial charge is 0.508 e. The van der Waals surface area contributed by atoms with Crippen LogP contribution in [0.1, 0.15) is 10.4 Å². The highest BCUT2D eigenvalue weighted by Crippen LogP contribution is 2.29. The van der Waals surface area contributed by atoms with Crippen molar-refractivity contribution >= 4 is 16.7 Å². The SMILES string of the molecule is NC(=O)c1ccccc1Oc1ccc2ccc(O)cc2c1. The third kappa shape index (κ3) is 2.65. The lowest BCUT2D eigenvalue weighted by atomic mass is 10.1. The van der Waals surface area contributed by atoms with Crippen LogP contribution in [0.3, 0.4) is 0 Å². The summed E-state index contributed by atoms with van der Waals surface area (Å²) in [6.45, 7) is 0. The Morgan fingerprint density at radius 1 is 0.952 bits per heavy atom. The summed E-state index contributed by atoms with van der Waals surface area (Å²) in [4.78, 5) is 11.4. The summed E-state index contributed by atoms with van der Waals surface area (Å²) in [6.07, 6.45) is 0. The van der Waals surface area contributed by atoms with E-state index in [1.165, 1.54) is 0 Å². The summed E-state index contributed by atoms with van der Waals surface area (Å²) in [7, 11) is 0. The molecule has 3 rings (SSSR count). The smallest absolute Gasteiger partial charge is 0.252 e. The van der Waals surface area contributed by atoms with Gasteiger partial charge in [0, 0.05) is 0 Å². The molecular formula is C17H13NO3. The van der Waals surface area contributed by atoms with Crippen molar-refractivity contribution in [1.29, 1.82) is 0 Å². The monoisotopic (exact) mass is 279 g/mol. The van der Waals surface area contributed by atoms with Crippen molar-refractivity contribution in [1.82, 2.24) is 0 Å². The van der Waals surface area contributed by atoms with Crippen LogP contribution in [-0.2, 0) is 0 Å². The van der Waals surface area contributed by atoms with Gasteiger partial charge in [0.1, 0.15) is 17.2 Å². The fourth-order valence-corrected chi connectivity index (χ4v) is 2.16. The maximum Gasteiger partial charge on any atom is 0.252 e. The highest BCUT2D eigenvalue weighted by atomic mass is 16.5. The quantitative estimate of drug-likeness (QED) is 0.771. The van der Waals surface area contributed by atoms with E-state index in [1.807, 2.05) is 12.1 Å². The lowest BCUT2D eigenvalue weighted by molar-refractivity contribution is 0.0998. The lowest BCUT2D eigenvalue weighted by Crippen LogP contribution is -2.11. The minimum Gasteiger partial charge on any atom is -0.508 e. The van der Waals surface area contributed by atoms with Gasteiger partial charge in [-0.3, -0.25) is 4.79 Å². The van der Waals surface area contributed by atoms with Crippen LogP contribution in [-0.4, -0.2) is 11.0 Å². The maximum absolute atomic E-state index is 11.4. The van der Waals surface area contributed by atoms with Crippen molar-refractivity contribution in [2.24, 2.45) is 5.73 Å². The molecule has 0 unspecified atom stereocenters. The Labute approximate surface area is 121 Å². The molecule has 0 radical (unpaired) electrons. The number of ether oxygens (including phenoxy) is 1. The van der Waals surface area contributed by atoms with Crippen molar-refractivity contribution in [3.05, 3.63) is 66.2 Å². The number of carbonyl (C=O) groups is 1. The molecule has 0 saturated carbocycles. The second kappa shape index (κ2) is 5.17. The van der Waals surface area contributed by atoms with E-state index < -0.39 is 5.91 Å². The molecule has 0 saturated heterocycles. The molecule has 21 heavy (non-hydrogen) atoms. The van der Waals surface area contributed by atoms with Gasteiger partial charge in [0.15, 0.2) is 0 Å². The fourth-order valence-electron chi connectivity index (χ4n) is 2.16. The van der Waals surface area contributed by atoms with Crippen LogP contribution in [0.4, 0.5) is 0 Å². The van der Waals surface area contributed by atoms with E-state index >= 15 is 0 Å². The number of aromatic hydroxyl groups is 1. The van der Waals surface area contributed by atoms with Gasteiger partial charge in [-0.25, -0.2) is 0 Å². The first kappa shape index (κ1) is 13.0. The molecular weight excluding hydrogens is 266 g/mol. The van der Waals surface area contributed by atoms with Crippen LogP contribution in [0, 0.1) is 0 Å². The highest BCUT2D eigenvalue weighted by Gasteiger charge is 2.09. The fraction of sp³-hybridized carbons (Fsp3) is 0. The molecule has 0 spiro atoms. The second-order valence-electron chi connectivity index (χ2n) is 4.66. The van der Waals surface area contributed by atoms with Crippen LogP contribution in [0.2, 0.25) is 0 Å². The molecule has 1 amide bonds. The zero-order valence-corrected chi connectivity index (χ0v) is 11.1. The summed E-state index contributed by atoms with van der Waals surface area (Å²) >= 11 is 0. The van der Waals surface area contributed by atoms with E-state index in [2.05, 4.69) is 0 Å². The Balaban J connectivity index is 2.00. The van der Waals surface area contributed by atoms with Gasteiger partial charge in [-0.15, -0.1) is 0 Å². The molecule has 0 aliphatic rings. The Morgan fingerprint density at radius 2 is 1.71 bits per heavy atom. The molecule has 0 aliphatic heterocycles. The van der Waals surface area contributed by atoms with Crippen molar-refractivity contribution in [3.8, 4) is 17.2 Å². The molecule has 0 atom stereocenters. The number of carbonyl (C=O) groups excluding carboxylic acids is 1. The molecule has 104 valence electrons. The van der Waals surface area contributed by atoms with E-state index in [0.717, 1.165) is 10.8 Å². The number of hydrogen-bond donors (Lipinski definition) is 2. The maximum atomic E-state index is 11.4. The van der Waals surface area contributed by atoms with Crippen LogP contribution in [0.15, 0.2) is 60.7 Å². The molecule has 3 N–H and O–H groups in total. The number of benzene rings is 3. The number of primary amides is 1. The summed E-state index contributed by atoms with van der Waals surface area (Å²) in [6, 6.07) is 17.4.